The van der Waals surface area contributed by atoms with Crippen molar-refractivity contribution in [3.05, 3.63) is 12.2 Å². The molecule has 1 unspecified atom stereocenters. The van der Waals surface area contributed by atoms with Gasteiger partial charge in [-0.3, -0.25) is 4.90 Å². The molecule has 0 spiro atoms. The molecule has 0 bridgehead atoms. The Morgan fingerprint density at radius 1 is 1.64 bits per heavy atom. The number of nitrogens with zero attached hydrogens (tertiary/aromatic N) is 1. The van der Waals surface area contributed by atoms with Crippen LogP contribution in [0.3, 0.4) is 0 Å². The Hall–Kier alpha value is -1.03. The van der Waals surface area contributed by atoms with Crippen LogP contribution in [-0.2, 0) is 9.47 Å². The first-order valence-corrected chi connectivity index (χ1v) is 4.92. The quantitative estimate of drug-likeness (QED) is 0.636. The molecular formula is C10H17NO3. The van der Waals surface area contributed by atoms with Crippen molar-refractivity contribution in [1.29, 1.82) is 0 Å². The average molecular weight is 199 g/mol. The van der Waals surface area contributed by atoms with Gasteiger partial charge < -0.3 is 9.47 Å². The standard InChI is InChI=1S/C10H17NO3/c1-3-14-10(12)11-8-6-4-5-7-9(11)13-2/h5,7,9H,3-4,6,8H2,1-2H3. The van der Waals surface area contributed by atoms with Crippen molar-refractivity contribution in [1.82, 2.24) is 4.90 Å². The first-order valence-electron chi connectivity index (χ1n) is 4.92. The number of hydrogen-bond donors (Lipinski definition) is 0. The van der Waals surface area contributed by atoms with Gasteiger partial charge in [0.2, 0.25) is 0 Å². The Bertz CT molecular complexity index is 215. The second kappa shape index (κ2) is 5.65. The van der Waals surface area contributed by atoms with Crippen LogP contribution in [0.1, 0.15) is 19.8 Å². The molecule has 0 radical (unpaired) electrons. The molecule has 1 rings (SSSR count). The second-order valence-corrected chi connectivity index (χ2v) is 3.09. The van der Waals surface area contributed by atoms with Gasteiger partial charge in [-0.1, -0.05) is 6.08 Å². The van der Waals surface area contributed by atoms with Crippen molar-refractivity contribution < 1.29 is 14.3 Å². The number of rotatable bonds is 2. The second-order valence-electron chi connectivity index (χ2n) is 3.09. The minimum Gasteiger partial charge on any atom is -0.450 e. The van der Waals surface area contributed by atoms with E-state index in [2.05, 4.69) is 0 Å². The van der Waals surface area contributed by atoms with Crippen LogP contribution >= 0.6 is 0 Å². The summed E-state index contributed by atoms with van der Waals surface area (Å²) in [5.41, 5.74) is 0. The molecule has 0 saturated heterocycles. The highest BCUT2D eigenvalue weighted by molar-refractivity contribution is 5.68. The Morgan fingerprint density at radius 2 is 2.43 bits per heavy atom. The van der Waals surface area contributed by atoms with E-state index >= 15 is 0 Å². The van der Waals surface area contributed by atoms with Gasteiger partial charge in [0, 0.05) is 13.7 Å². The Labute approximate surface area is 84.5 Å². The zero-order valence-corrected chi connectivity index (χ0v) is 8.73. The van der Waals surface area contributed by atoms with Crippen molar-refractivity contribution in [2.75, 3.05) is 20.3 Å². The monoisotopic (exact) mass is 199 g/mol. The normalized spacial score (nSPS) is 21.9. The third kappa shape index (κ3) is 2.73. The van der Waals surface area contributed by atoms with E-state index in [4.69, 9.17) is 9.47 Å². The van der Waals surface area contributed by atoms with Gasteiger partial charge in [0.25, 0.3) is 0 Å². The summed E-state index contributed by atoms with van der Waals surface area (Å²) >= 11 is 0. The van der Waals surface area contributed by atoms with E-state index in [1.807, 2.05) is 12.2 Å². The van der Waals surface area contributed by atoms with Gasteiger partial charge in [-0.2, -0.15) is 0 Å². The fourth-order valence-corrected chi connectivity index (χ4v) is 1.43. The summed E-state index contributed by atoms with van der Waals surface area (Å²) in [6.07, 6.45) is 5.28. The summed E-state index contributed by atoms with van der Waals surface area (Å²) in [5.74, 6) is 0. The van der Waals surface area contributed by atoms with E-state index in [-0.39, 0.29) is 12.3 Å². The Balaban J connectivity index is 2.62. The SMILES string of the molecule is CCOC(=O)N1CCCC=CC1OC. The van der Waals surface area contributed by atoms with Crippen molar-refractivity contribution in [3.63, 3.8) is 0 Å². The lowest BCUT2D eigenvalue weighted by Gasteiger charge is -2.26. The molecule has 1 aliphatic rings. The topological polar surface area (TPSA) is 38.8 Å². The first kappa shape index (κ1) is 11.0. The van der Waals surface area contributed by atoms with Crippen LogP contribution in [0.5, 0.6) is 0 Å². The third-order valence-electron chi connectivity index (χ3n) is 2.12. The lowest BCUT2D eigenvalue weighted by atomic mass is 10.3. The zero-order valence-electron chi connectivity index (χ0n) is 8.73. The van der Waals surface area contributed by atoms with Crippen LogP contribution in [0.15, 0.2) is 12.2 Å². The first-order chi connectivity index (χ1) is 6.79. The number of allylic oxidation sites excluding steroid dienone is 1. The van der Waals surface area contributed by atoms with Crippen LogP contribution in [0.25, 0.3) is 0 Å². The van der Waals surface area contributed by atoms with Gasteiger partial charge >= 0.3 is 6.09 Å². The van der Waals surface area contributed by atoms with Gasteiger partial charge in [0.1, 0.15) is 0 Å². The van der Waals surface area contributed by atoms with Gasteiger partial charge in [0.05, 0.1) is 6.61 Å². The predicted molar refractivity (Wildman–Crippen MR) is 52.9 cm³/mol. The molecule has 1 amide bonds. The van der Waals surface area contributed by atoms with Crippen LogP contribution in [0, 0.1) is 0 Å². The van der Waals surface area contributed by atoms with Crippen LogP contribution in [-0.4, -0.2) is 37.5 Å². The number of hydrogen-bond acceptors (Lipinski definition) is 3. The molecule has 1 aliphatic heterocycles. The maximum Gasteiger partial charge on any atom is 0.412 e. The molecule has 1 atom stereocenters. The van der Waals surface area contributed by atoms with E-state index in [0.29, 0.717) is 13.2 Å². The fraction of sp³-hybridized carbons (Fsp3) is 0.700. The van der Waals surface area contributed by atoms with Crippen molar-refractivity contribution in [2.24, 2.45) is 0 Å². The molecule has 0 saturated carbocycles. The summed E-state index contributed by atoms with van der Waals surface area (Å²) in [4.78, 5) is 13.1. The third-order valence-corrected chi connectivity index (χ3v) is 2.12. The van der Waals surface area contributed by atoms with Crippen LogP contribution in [0.2, 0.25) is 0 Å². The highest BCUT2D eigenvalue weighted by Gasteiger charge is 2.23. The number of ether oxygens (including phenoxy) is 2. The number of carbonyl (C=O) groups excluding carboxylic acids is 1. The molecule has 0 aromatic carbocycles. The summed E-state index contributed by atoms with van der Waals surface area (Å²) in [7, 11) is 1.59. The van der Waals surface area contributed by atoms with Gasteiger partial charge in [-0.25, -0.2) is 4.79 Å². The molecule has 14 heavy (non-hydrogen) atoms. The minimum absolute atomic E-state index is 0.281. The predicted octanol–water partition coefficient (Wildman–Crippen LogP) is 1.77. The van der Waals surface area contributed by atoms with E-state index in [1.54, 1.807) is 18.9 Å². The molecular weight excluding hydrogens is 182 g/mol. The largest absolute Gasteiger partial charge is 0.450 e. The van der Waals surface area contributed by atoms with E-state index < -0.39 is 0 Å². The van der Waals surface area contributed by atoms with Gasteiger partial charge in [-0.05, 0) is 25.8 Å². The minimum atomic E-state index is -0.300. The molecule has 0 N–H and O–H groups in total. The molecule has 0 aromatic heterocycles. The molecule has 0 fully saturated rings. The number of methoxy groups -OCH3 is 1. The van der Waals surface area contributed by atoms with Crippen LogP contribution in [0.4, 0.5) is 4.79 Å². The molecule has 0 aliphatic carbocycles. The summed E-state index contributed by atoms with van der Waals surface area (Å²) in [6, 6.07) is 0. The van der Waals surface area contributed by atoms with Gasteiger partial charge in [0.15, 0.2) is 6.23 Å². The highest BCUT2D eigenvalue weighted by Crippen LogP contribution is 2.12. The average Bonchev–Trinajstić information content (AvgIpc) is 2.42. The molecule has 1 heterocycles. The van der Waals surface area contributed by atoms with Gasteiger partial charge in [-0.15, -0.1) is 0 Å². The summed E-state index contributed by atoms with van der Waals surface area (Å²) in [5, 5.41) is 0. The maximum atomic E-state index is 11.5. The zero-order chi connectivity index (χ0) is 10.4. The van der Waals surface area contributed by atoms with Crippen molar-refractivity contribution in [2.45, 2.75) is 26.0 Å². The fourth-order valence-electron chi connectivity index (χ4n) is 1.43. The number of amides is 1. The summed E-state index contributed by atoms with van der Waals surface area (Å²) in [6.45, 7) is 2.88. The lowest BCUT2D eigenvalue weighted by molar-refractivity contribution is 0.00132. The van der Waals surface area contributed by atoms with E-state index in [0.717, 1.165) is 12.8 Å². The Morgan fingerprint density at radius 3 is 3.07 bits per heavy atom. The number of carbonyl (C=O) groups is 1. The smallest absolute Gasteiger partial charge is 0.412 e. The highest BCUT2D eigenvalue weighted by atomic mass is 16.6. The van der Waals surface area contributed by atoms with E-state index in [1.165, 1.54) is 0 Å². The molecule has 4 heteroatoms. The van der Waals surface area contributed by atoms with Crippen molar-refractivity contribution >= 4 is 6.09 Å². The molecule has 0 aromatic rings. The lowest BCUT2D eigenvalue weighted by Crippen LogP contribution is -2.40. The van der Waals surface area contributed by atoms with E-state index in [9.17, 15) is 4.79 Å². The molecule has 80 valence electrons. The Kier molecular flexibility index (Phi) is 4.46. The maximum absolute atomic E-state index is 11.5. The summed E-state index contributed by atoms with van der Waals surface area (Å²) < 4.78 is 10.1. The van der Waals surface area contributed by atoms with Crippen LogP contribution < -0.4 is 0 Å². The van der Waals surface area contributed by atoms with Crippen molar-refractivity contribution in [3.8, 4) is 0 Å². The molecule has 4 nitrogen and oxygen atoms in total.